The van der Waals surface area contributed by atoms with Gasteiger partial charge < -0.3 is 70.1 Å². The minimum Gasteiger partial charge on any atom is -0.479 e. The first-order chi connectivity index (χ1) is 31.8. The number of nitrogens with zero attached hydrogens (tertiary/aromatic N) is 3. The van der Waals surface area contributed by atoms with Crippen molar-refractivity contribution in [2.45, 2.75) is 144 Å². The number of carboxylic acids is 1. The number of rotatable bonds is 17. The molecule has 20 nitrogen and oxygen atoms in total. The molecule has 7 rings (SSSR count). The average Bonchev–Trinajstić information content (AvgIpc) is 3.82. The Morgan fingerprint density at radius 1 is 0.909 bits per heavy atom. The van der Waals surface area contributed by atoms with E-state index < -0.39 is 122 Å². The van der Waals surface area contributed by atoms with Gasteiger partial charge in [-0.05, 0) is 56.4 Å². The summed E-state index contributed by atoms with van der Waals surface area (Å²) in [6.45, 7) is 0.873. The average molecular weight is 930 g/mol. The fourth-order valence-corrected chi connectivity index (χ4v) is 9.31. The van der Waals surface area contributed by atoms with Crippen LogP contribution in [0.15, 0.2) is 60.8 Å². The van der Waals surface area contributed by atoms with Gasteiger partial charge in [0, 0.05) is 24.6 Å². The summed E-state index contributed by atoms with van der Waals surface area (Å²) in [6.07, 6.45) is -14.4. The van der Waals surface area contributed by atoms with Gasteiger partial charge in [0.1, 0.15) is 54.2 Å². The fraction of sp³-hybridized carbons (Fsp3) is 0.622. The van der Waals surface area contributed by atoms with Crippen LogP contribution in [0.5, 0.6) is 0 Å². The Balaban J connectivity index is 1.30. The first kappa shape index (κ1) is 49.4. The number of aliphatic carboxylic acids is 1. The predicted molar refractivity (Wildman–Crippen MR) is 226 cm³/mol. The number of carbonyl (C=O) groups excluding carboxylic acids is 2. The summed E-state index contributed by atoms with van der Waals surface area (Å²) in [5.41, 5.74) is 6.43. The van der Waals surface area contributed by atoms with Gasteiger partial charge in [-0.3, -0.25) is 4.79 Å². The Labute approximate surface area is 380 Å². The molecule has 4 fully saturated rings. The molecule has 2 saturated heterocycles. The topological polar surface area (TPSA) is 297 Å². The molecule has 3 aromatic rings. The number of esters is 1. The van der Waals surface area contributed by atoms with Gasteiger partial charge in [0.2, 0.25) is 5.91 Å². The molecule has 2 aromatic carbocycles. The second-order valence-electron chi connectivity index (χ2n) is 17.5. The lowest BCUT2D eigenvalue weighted by Crippen LogP contribution is -2.64. The Morgan fingerprint density at radius 3 is 2.36 bits per heavy atom. The van der Waals surface area contributed by atoms with Crippen molar-refractivity contribution in [1.29, 1.82) is 0 Å². The van der Waals surface area contributed by atoms with E-state index in [-0.39, 0.29) is 49.5 Å². The number of hydrogen-bond donors (Lipinski definition) is 8. The number of aliphatic hydroxyl groups excluding tert-OH is 5. The van der Waals surface area contributed by atoms with Crippen molar-refractivity contribution in [3.63, 3.8) is 0 Å². The Morgan fingerprint density at radius 2 is 1.67 bits per heavy atom. The Hall–Kier alpha value is -4.52. The van der Waals surface area contributed by atoms with Crippen LogP contribution in [0.3, 0.4) is 0 Å². The van der Waals surface area contributed by atoms with Crippen LogP contribution in [-0.4, -0.2) is 163 Å². The van der Waals surface area contributed by atoms with Crippen LogP contribution in [0, 0.1) is 17.7 Å². The standard InChI is InChI=1S/C45H60FN5O15/c1-23-34(53)36(55)37(56)44(61-23)66-38-30(51-21-29(49-50-51)26-13-8-14-28(46)18-26)19-27(41(57)48-16-15-47)20-31(38)63-45-40(65-43(60)25-11-6-3-7-12-25)39(35(54)33(22-52)64-45)62-32(42(58)59)17-24-9-4-2-5-10-24/h3,6-8,11-14,18,21,23-24,27,30-40,44-45,52-56H,2,4-5,9-10,15-17,19-20,22,47H2,1H3,(H,48,57)(H,58,59)/t23?,27?,30?,31-,32+,33?,34-,35+,36?,37?,38?,39?,40?,44+,45-/m1/s1. The number of carbonyl (C=O) groups is 3. The molecule has 1 aromatic heterocycles. The maximum Gasteiger partial charge on any atom is 0.338 e. The number of aliphatic hydroxyl groups is 5. The second-order valence-corrected chi connectivity index (χ2v) is 17.5. The molecule has 66 heavy (non-hydrogen) atoms. The summed E-state index contributed by atoms with van der Waals surface area (Å²) < 4.78 is 53.4. The van der Waals surface area contributed by atoms with Crippen LogP contribution >= 0.6 is 0 Å². The van der Waals surface area contributed by atoms with Crippen LogP contribution in [0.25, 0.3) is 11.3 Å². The van der Waals surface area contributed by atoms with Gasteiger partial charge in [0.05, 0.1) is 36.6 Å². The number of hydrogen-bond acceptors (Lipinski definition) is 17. The van der Waals surface area contributed by atoms with E-state index >= 15 is 0 Å². The van der Waals surface area contributed by atoms with E-state index in [4.69, 9.17) is 34.2 Å². The predicted octanol–water partition coefficient (Wildman–Crippen LogP) is 0.821. The molecule has 3 heterocycles. The third-order valence-corrected chi connectivity index (χ3v) is 12.9. The zero-order valence-electron chi connectivity index (χ0n) is 36.4. The number of halogens is 1. The van der Waals surface area contributed by atoms with Crippen molar-refractivity contribution in [3.8, 4) is 11.3 Å². The maximum absolute atomic E-state index is 14.4. The zero-order chi connectivity index (χ0) is 47.1. The van der Waals surface area contributed by atoms with Crippen molar-refractivity contribution >= 4 is 17.8 Å². The van der Waals surface area contributed by atoms with Gasteiger partial charge in [-0.1, -0.05) is 67.6 Å². The largest absolute Gasteiger partial charge is 0.479 e. The number of benzene rings is 2. The van der Waals surface area contributed by atoms with Crippen LogP contribution in [0.2, 0.25) is 0 Å². The number of nitrogens with two attached hydrogens (primary N) is 1. The molecular formula is C45H60FN5O15. The van der Waals surface area contributed by atoms with Gasteiger partial charge in [0.15, 0.2) is 24.8 Å². The van der Waals surface area contributed by atoms with Crippen LogP contribution in [0.1, 0.15) is 74.7 Å². The van der Waals surface area contributed by atoms with Crippen molar-refractivity contribution in [2.24, 2.45) is 17.6 Å². The Kier molecular flexibility index (Phi) is 16.8. The molecule has 1 amide bonds. The first-order valence-corrected chi connectivity index (χ1v) is 22.5. The molecule has 362 valence electrons. The third-order valence-electron chi connectivity index (χ3n) is 12.9. The van der Waals surface area contributed by atoms with E-state index in [9.17, 15) is 49.4 Å². The zero-order valence-corrected chi connectivity index (χ0v) is 36.4. The van der Waals surface area contributed by atoms with Crippen LogP contribution in [-0.2, 0) is 38.0 Å². The molecule has 0 radical (unpaired) electrons. The van der Waals surface area contributed by atoms with Crippen LogP contribution < -0.4 is 11.1 Å². The first-order valence-electron chi connectivity index (χ1n) is 22.5. The second kappa shape index (κ2) is 22.5. The minimum atomic E-state index is -1.81. The number of nitrogens with one attached hydrogen (secondary N) is 1. The minimum absolute atomic E-state index is 0.000176. The lowest BCUT2D eigenvalue weighted by atomic mass is 9.80. The summed E-state index contributed by atoms with van der Waals surface area (Å²) in [5, 5.41) is 76.8. The molecule has 0 spiro atoms. The molecular weight excluding hydrogens is 870 g/mol. The highest BCUT2D eigenvalue weighted by atomic mass is 19.1. The molecule has 9 N–H and O–H groups in total. The molecule has 15 atom stereocenters. The lowest BCUT2D eigenvalue weighted by Gasteiger charge is -2.48. The highest BCUT2D eigenvalue weighted by Crippen LogP contribution is 2.41. The van der Waals surface area contributed by atoms with Gasteiger partial charge in [-0.2, -0.15) is 0 Å². The van der Waals surface area contributed by atoms with E-state index in [1.165, 1.54) is 48.1 Å². The molecule has 2 aliphatic heterocycles. The molecule has 21 heteroatoms. The van der Waals surface area contributed by atoms with Crippen molar-refractivity contribution in [2.75, 3.05) is 19.7 Å². The summed E-state index contributed by atoms with van der Waals surface area (Å²) in [4.78, 5) is 40.7. The number of aromatic nitrogens is 3. The molecule has 0 bridgehead atoms. The quantitative estimate of drug-likeness (QED) is 0.0870. The van der Waals surface area contributed by atoms with E-state index in [2.05, 4.69) is 15.6 Å². The fourth-order valence-electron chi connectivity index (χ4n) is 9.31. The summed E-state index contributed by atoms with van der Waals surface area (Å²) in [6, 6.07) is 12.4. The van der Waals surface area contributed by atoms with Gasteiger partial charge in [0.25, 0.3) is 0 Å². The maximum atomic E-state index is 14.4. The molecule has 4 aliphatic rings. The number of amides is 1. The van der Waals surface area contributed by atoms with Crippen LogP contribution in [0.4, 0.5) is 4.39 Å². The number of carboxylic acid groups (broad SMARTS) is 1. The summed E-state index contributed by atoms with van der Waals surface area (Å²) in [5.74, 6) is -4.11. The SMILES string of the molecule is CC1O[C@@H](OC2C(n3cc(-c4cccc(F)c4)nn3)CC(C(=O)NCCN)C[C@H]2O[C@@H]2OC(CO)[C@H](O)C(O[C@@H](CC3CCCCC3)C(=O)O)C2OC(=O)c2ccccc2)C(O)C(O)[C@@H]1O. The highest BCUT2D eigenvalue weighted by molar-refractivity contribution is 5.89. The van der Waals surface area contributed by atoms with Crippen molar-refractivity contribution in [1.82, 2.24) is 20.3 Å². The third kappa shape index (κ3) is 11.6. The van der Waals surface area contributed by atoms with Gasteiger partial charge in [-0.25, -0.2) is 18.7 Å². The van der Waals surface area contributed by atoms with E-state index in [1.807, 2.05) is 0 Å². The highest BCUT2D eigenvalue weighted by Gasteiger charge is 2.54. The monoisotopic (exact) mass is 929 g/mol. The summed E-state index contributed by atoms with van der Waals surface area (Å²) in [7, 11) is 0. The van der Waals surface area contributed by atoms with Crippen molar-refractivity contribution < 1.29 is 77.8 Å². The number of ether oxygens (including phenoxy) is 6. The molecule has 2 saturated carbocycles. The smallest absolute Gasteiger partial charge is 0.338 e. The van der Waals surface area contributed by atoms with E-state index in [0.29, 0.717) is 5.56 Å². The van der Waals surface area contributed by atoms with Gasteiger partial charge in [-0.15, -0.1) is 5.10 Å². The molecule has 9 unspecified atom stereocenters. The molecule has 2 aliphatic carbocycles. The lowest BCUT2D eigenvalue weighted by molar-refractivity contribution is -0.348. The Bertz CT molecular complexity index is 2060. The normalized spacial score (nSPS) is 33.5. The van der Waals surface area contributed by atoms with E-state index in [1.54, 1.807) is 24.3 Å². The summed E-state index contributed by atoms with van der Waals surface area (Å²) >= 11 is 0. The van der Waals surface area contributed by atoms with Crippen molar-refractivity contribution in [3.05, 3.63) is 72.2 Å². The van der Waals surface area contributed by atoms with Gasteiger partial charge >= 0.3 is 11.9 Å². The van der Waals surface area contributed by atoms with E-state index in [0.717, 1.165) is 32.1 Å².